The molecule has 4 heteroatoms. The largest absolute Gasteiger partial charge is 0.310 e. The number of benzene rings is 9. The Labute approximate surface area is 330 Å². The summed E-state index contributed by atoms with van der Waals surface area (Å²) in [5.41, 5.74) is 14.9. The number of halogens is 2. The van der Waals surface area contributed by atoms with Crippen LogP contribution in [0, 0.1) is 11.6 Å². The van der Waals surface area contributed by atoms with Crippen molar-refractivity contribution in [2.45, 2.75) is 5.41 Å². The van der Waals surface area contributed by atoms with Crippen molar-refractivity contribution >= 4 is 44.9 Å². The van der Waals surface area contributed by atoms with Crippen molar-refractivity contribution in [2.75, 3.05) is 9.80 Å². The predicted molar refractivity (Wildman–Crippen MR) is 230 cm³/mol. The van der Waals surface area contributed by atoms with E-state index in [1.54, 1.807) is 0 Å². The quantitative estimate of drug-likeness (QED) is 0.168. The van der Waals surface area contributed by atoms with Crippen LogP contribution in [-0.4, -0.2) is 0 Å². The van der Waals surface area contributed by atoms with Crippen LogP contribution >= 0.6 is 0 Å². The van der Waals surface area contributed by atoms with Crippen molar-refractivity contribution in [2.24, 2.45) is 0 Å². The van der Waals surface area contributed by atoms with Crippen LogP contribution in [0.25, 0.3) is 33.0 Å². The first kappa shape index (κ1) is 33.1. The summed E-state index contributed by atoms with van der Waals surface area (Å²) in [4.78, 5) is 4.39. The summed E-state index contributed by atoms with van der Waals surface area (Å²) in [5.74, 6) is -0.537. The van der Waals surface area contributed by atoms with E-state index in [-0.39, 0.29) is 11.6 Å². The third-order valence-corrected chi connectivity index (χ3v) is 11.7. The molecule has 0 bridgehead atoms. The summed E-state index contributed by atoms with van der Waals surface area (Å²) < 4.78 is 28.5. The van der Waals surface area contributed by atoms with Crippen LogP contribution in [0.5, 0.6) is 0 Å². The van der Waals surface area contributed by atoms with Gasteiger partial charge in [0.25, 0.3) is 0 Å². The van der Waals surface area contributed by atoms with Gasteiger partial charge in [-0.05, 0) is 164 Å². The van der Waals surface area contributed by atoms with E-state index in [2.05, 4.69) is 131 Å². The Morgan fingerprint density at radius 3 is 1.26 bits per heavy atom. The SMILES string of the molecule is Fc1ccc(N(c2ccccc2)c2ccc3c(c2)C2(c4ccccc4-c4ccccc42)c2cc4cc(N(c5ccccc5)c5ccc(F)cc5)ccc4cc2-3)cc1. The summed E-state index contributed by atoms with van der Waals surface area (Å²) in [6.45, 7) is 0. The van der Waals surface area contributed by atoms with E-state index < -0.39 is 5.41 Å². The molecule has 0 saturated carbocycles. The number of para-hydroxylation sites is 2. The topological polar surface area (TPSA) is 6.48 Å². The number of fused-ring (bicyclic) bond motifs is 11. The van der Waals surface area contributed by atoms with Gasteiger partial charge >= 0.3 is 0 Å². The van der Waals surface area contributed by atoms with Gasteiger partial charge in [-0.1, -0.05) is 97.1 Å². The average Bonchev–Trinajstić information content (AvgIpc) is 3.71. The van der Waals surface area contributed by atoms with Crippen molar-refractivity contribution in [3.63, 3.8) is 0 Å². The highest BCUT2D eigenvalue weighted by Gasteiger charge is 2.52. The normalized spacial score (nSPS) is 12.9. The molecule has 0 aliphatic heterocycles. The fourth-order valence-electron chi connectivity index (χ4n) is 9.36. The molecule has 0 unspecified atom stereocenters. The molecule has 0 amide bonds. The maximum absolute atomic E-state index is 14.3. The van der Waals surface area contributed by atoms with Gasteiger partial charge in [-0.2, -0.15) is 0 Å². The second-order valence-corrected chi connectivity index (χ2v) is 14.8. The van der Waals surface area contributed by atoms with Gasteiger partial charge < -0.3 is 9.80 Å². The van der Waals surface area contributed by atoms with Gasteiger partial charge in [0.2, 0.25) is 0 Å². The van der Waals surface area contributed by atoms with E-state index in [0.717, 1.165) is 44.9 Å². The van der Waals surface area contributed by atoms with E-state index in [1.165, 1.54) is 68.8 Å². The molecular weight excluding hydrogens is 703 g/mol. The zero-order valence-electron chi connectivity index (χ0n) is 30.8. The molecule has 0 N–H and O–H groups in total. The zero-order chi connectivity index (χ0) is 38.1. The Bertz CT molecular complexity index is 2930. The van der Waals surface area contributed by atoms with Crippen molar-refractivity contribution < 1.29 is 8.78 Å². The molecule has 2 nitrogen and oxygen atoms in total. The Kier molecular flexibility index (Phi) is 7.48. The van der Waals surface area contributed by atoms with Gasteiger partial charge in [-0.25, -0.2) is 8.78 Å². The summed E-state index contributed by atoms with van der Waals surface area (Å²) in [5, 5.41) is 2.24. The molecule has 0 fully saturated rings. The van der Waals surface area contributed by atoms with E-state index in [0.29, 0.717) is 0 Å². The molecule has 0 aromatic heterocycles. The lowest BCUT2D eigenvalue weighted by molar-refractivity contribution is 0.627. The average molecular weight is 737 g/mol. The summed E-state index contributed by atoms with van der Waals surface area (Å²) in [6, 6.07) is 69.7. The number of anilines is 6. The Hall–Kier alpha value is -7.30. The van der Waals surface area contributed by atoms with Gasteiger partial charge in [0, 0.05) is 34.1 Å². The third-order valence-electron chi connectivity index (χ3n) is 11.7. The van der Waals surface area contributed by atoms with Gasteiger partial charge in [0.1, 0.15) is 11.6 Å². The van der Waals surface area contributed by atoms with Gasteiger partial charge in [0.05, 0.1) is 5.41 Å². The molecule has 2 aliphatic carbocycles. The molecule has 270 valence electrons. The molecule has 2 aliphatic rings. The van der Waals surface area contributed by atoms with Crippen LogP contribution in [0.15, 0.2) is 206 Å². The first-order chi connectivity index (χ1) is 28.1. The van der Waals surface area contributed by atoms with Crippen molar-refractivity contribution in [3.05, 3.63) is 240 Å². The monoisotopic (exact) mass is 736 g/mol. The van der Waals surface area contributed by atoms with E-state index in [9.17, 15) is 8.78 Å². The van der Waals surface area contributed by atoms with Crippen LogP contribution in [0.2, 0.25) is 0 Å². The minimum absolute atomic E-state index is 0.268. The molecule has 57 heavy (non-hydrogen) atoms. The number of nitrogens with zero attached hydrogens (tertiary/aromatic N) is 2. The van der Waals surface area contributed by atoms with E-state index in [1.807, 2.05) is 60.7 Å². The van der Waals surface area contributed by atoms with Crippen LogP contribution in [0.1, 0.15) is 22.3 Å². The summed E-state index contributed by atoms with van der Waals surface area (Å²) >= 11 is 0. The highest BCUT2D eigenvalue weighted by molar-refractivity contribution is 6.01. The van der Waals surface area contributed by atoms with E-state index >= 15 is 0 Å². The Morgan fingerprint density at radius 2 is 0.702 bits per heavy atom. The van der Waals surface area contributed by atoms with Crippen molar-refractivity contribution in [1.29, 1.82) is 0 Å². The minimum atomic E-state index is -0.598. The molecule has 0 radical (unpaired) electrons. The highest BCUT2D eigenvalue weighted by atomic mass is 19.1. The van der Waals surface area contributed by atoms with Crippen LogP contribution in [-0.2, 0) is 5.41 Å². The molecule has 9 aromatic rings. The molecule has 9 aromatic carbocycles. The zero-order valence-corrected chi connectivity index (χ0v) is 30.8. The Morgan fingerprint density at radius 1 is 0.281 bits per heavy atom. The number of rotatable bonds is 6. The van der Waals surface area contributed by atoms with Crippen LogP contribution in [0.3, 0.4) is 0 Å². The highest BCUT2D eigenvalue weighted by Crippen LogP contribution is 2.64. The summed E-state index contributed by atoms with van der Waals surface area (Å²) in [7, 11) is 0. The molecular formula is C53H34F2N2. The van der Waals surface area contributed by atoms with Crippen molar-refractivity contribution in [1.82, 2.24) is 0 Å². The lowest BCUT2D eigenvalue weighted by atomic mass is 9.70. The number of hydrogen-bond acceptors (Lipinski definition) is 2. The molecule has 0 saturated heterocycles. The van der Waals surface area contributed by atoms with Gasteiger partial charge in [-0.15, -0.1) is 0 Å². The smallest absolute Gasteiger partial charge is 0.123 e. The van der Waals surface area contributed by atoms with E-state index in [4.69, 9.17) is 0 Å². The first-order valence-corrected chi connectivity index (χ1v) is 19.2. The lowest BCUT2D eigenvalue weighted by Crippen LogP contribution is -2.26. The fraction of sp³-hybridized carbons (Fsp3) is 0.0189. The van der Waals surface area contributed by atoms with Gasteiger partial charge in [-0.3, -0.25) is 0 Å². The third kappa shape index (κ3) is 5.07. The standard InChI is InChI=1S/C53H34F2N2/c54-37-20-25-41(26-21-37)56(39-11-3-1-4-12-39)43-24-19-35-32-48-47-30-29-44(57(40-13-5-2-6-14-40)42-27-22-38(55)23-28-42)34-52(47)53(51(48)33-36(35)31-43)49-17-9-7-15-45(49)46-16-8-10-18-50(46)53/h1-34H. The maximum atomic E-state index is 14.3. The van der Waals surface area contributed by atoms with Crippen LogP contribution in [0.4, 0.5) is 42.9 Å². The second kappa shape index (κ2) is 12.9. The van der Waals surface area contributed by atoms with Gasteiger partial charge in [0.15, 0.2) is 0 Å². The molecule has 11 rings (SSSR count). The second-order valence-electron chi connectivity index (χ2n) is 14.8. The lowest BCUT2D eigenvalue weighted by Gasteiger charge is -2.32. The Balaban J connectivity index is 1.17. The van der Waals surface area contributed by atoms with Crippen molar-refractivity contribution in [3.8, 4) is 22.3 Å². The molecule has 1 spiro atoms. The summed E-state index contributed by atoms with van der Waals surface area (Å²) in [6.07, 6.45) is 0. The number of hydrogen-bond donors (Lipinski definition) is 0. The first-order valence-electron chi connectivity index (χ1n) is 19.2. The fourth-order valence-corrected chi connectivity index (χ4v) is 9.36. The molecule has 0 heterocycles. The maximum Gasteiger partial charge on any atom is 0.123 e. The minimum Gasteiger partial charge on any atom is -0.310 e. The molecule has 0 atom stereocenters. The van der Waals surface area contributed by atoms with Crippen LogP contribution < -0.4 is 9.80 Å². The predicted octanol–water partition coefficient (Wildman–Crippen LogP) is 14.4.